The Hall–Kier alpha value is -1.85. The van der Waals surface area contributed by atoms with Crippen LogP contribution >= 0.6 is 0 Å². The highest BCUT2D eigenvalue weighted by Gasteiger charge is 2.34. The Morgan fingerprint density at radius 1 is 1.35 bits per heavy atom. The molecule has 0 N–H and O–H groups in total. The molecule has 1 aromatic rings. The van der Waals surface area contributed by atoms with E-state index in [2.05, 4.69) is 4.74 Å². The van der Waals surface area contributed by atoms with E-state index in [1.54, 1.807) is 0 Å². The summed E-state index contributed by atoms with van der Waals surface area (Å²) in [6, 6.07) is 2.82. The van der Waals surface area contributed by atoms with Crippen molar-refractivity contribution >= 4 is 12.0 Å². The number of carbonyl (C=O) groups is 1. The third-order valence-corrected chi connectivity index (χ3v) is 1.93. The van der Waals surface area contributed by atoms with E-state index in [-0.39, 0.29) is 5.56 Å². The van der Waals surface area contributed by atoms with Gasteiger partial charge >= 0.3 is 12.1 Å². The molecule has 0 unspecified atom stereocenters. The average Bonchev–Trinajstić information content (AvgIpc) is 2.25. The minimum absolute atomic E-state index is 0.328. The molecule has 0 bridgehead atoms. The van der Waals surface area contributed by atoms with E-state index in [0.29, 0.717) is 6.07 Å². The lowest BCUT2D eigenvalue weighted by Crippen LogP contribution is -2.08. The molecule has 0 aliphatic carbocycles. The maximum absolute atomic E-state index is 13.4. The largest absolute Gasteiger partial charge is 0.466 e. The molecule has 92 valence electrons. The van der Waals surface area contributed by atoms with E-state index in [1.165, 1.54) is 0 Å². The number of benzene rings is 1. The van der Waals surface area contributed by atoms with Crippen LogP contribution in [0.3, 0.4) is 0 Å². The van der Waals surface area contributed by atoms with Gasteiger partial charge in [-0.1, -0.05) is 12.1 Å². The molecule has 2 nitrogen and oxygen atoms in total. The molecule has 0 fully saturated rings. The van der Waals surface area contributed by atoms with Crippen LogP contribution in [0.1, 0.15) is 11.1 Å². The minimum Gasteiger partial charge on any atom is -0.466 e. The van der Waals surface area contributed by atoms with E-state index in [4.69, 9.17) is 0 Å². The maximum atomic E-state index is 13.4. The van der Waals surface area contributed by atoms with Gasteiger partial charge < -0.3 is 4.74 Å². The number of carbonyl (C=O) groups excluding carboxylic acids is 1. The van der Waals surface area contributed by atoms with Crippen LogP contribution in [0.25, 0.3) is 6.08 Å². The van der Waals surface area contributed by atoms with E-state index in [1.807, 2.05) is 0 Å². The van der Waals surface area contributed by atoms with Gasteiger partial charge in [-0.05, 0) is 12.1 Å². The zero-order chi connectivity index (χ0) is 13.1. The van der Waals surface area contributed by atoms with Crippen molar-refractivity contribution in [3.8, 4) is 0 Å². The number of rotatable bonds is 2. The van der Waals surface area contributed by atoms with E-state index in [9.17, 15) is 22.4 Å². The second-order valence-electron chi connectivity index (χ2n) is 3.06. The Labute approximate surface area is 94.5 Å². The van der Waals surface area contributed by atoms with Gasteiger partial charge in [0, 0.05) is 11.6 Å². The van der Waals surface area contributed by atoms with Gasteiger partial charge in [-0.15, -0.1) is 0 Å². The molecule has 0 radical (unpaired) electrons. The molecule has 6 heteroatoms. The predicted octanol–water partition coefficient (Wildman–Crippen LogP) is 3.03. The summed E-state index contributed by atoms with van der Waals surface area (Å²) < 4.78 is 54.7. The fraction of sp³-hybridized carbons (Fsp3) is 0.182. The second kappa shape index (κ2) is 4.99. The van der Waals surface area contributed by atoms with Crippen molar-refractivity contribution in [1.82, 2.24) is 0 Å². The zero-order valence-electron chi connectivity index (χ0n) is 8.72. The van der Waals surface area contributed by atoms with Crippen LogP contribution in [0, 0.1) is 5.82 Å². The first-order valence-corrected chi connectivity index (χ1v) is 4.48. The molecular formula is C11H8F4O2. The first kappa shape index (κ1) is 13.2. The molecular weight excluding hydrogens is 240 g/mol. The lowest BCUT2D eigenvalue weighted by atomic mass is 10.1. The number of hydrogen-bond acceptors (Lipinski definition) is 2. The van der Waals surface area contributed by atoms with Crippen LogP contribution in [0.2, 0.25) is 0 Å². The summed E-state index contributed by atoms with van der Waals surface area (Å²) in [6.07, 6.45) is -2.99. The number of methoxy groups -OCH3 is 1. The lowest BCUT2D eigenvalue weighted by Gasteiger charge is -2.08. The van der Waals surface area contributed by atoms with Crippen molar-refractivity contribution in [3.63, 3.8) is 0 Å². The summed E-state index contributed by atoms with van der Waals surface area (Å²) in [7, 11) is 1.11. The van der Waals surface area contributed by atoms with E-state index < -0.39 is 23.5 Å². The standard InChI is InChI=1S/C11H8F4O2/c1-17-9(16)6-5-7-3-2-4-8(10(7)12)11(13,14)15/h2-6H,1H3/b6-5+. The number of alkyl halides is 3. The molecule has 0 amide bonds. The maximum Gasteiger partial charge on any atom is 0.419 e. The van der Waals surface area contributed by atoms with Crippen molar-refractivity contribution in [2.45, 2.75) is 6.18 Å². The first-order valence-electron chi connectivity index (χ1n) is 4.48. The Morgan fingerprint density at radius 3 is 2.53 bits per heavy atom. The molecule has 0 saturated carbocycles. The third kappa shape index (κ3) is 3.30. The average molecular weight is 248 g/mol. The molecule has 0 spiro atoms. The fourth-order valence-electron chi connectivity index (χ4n) is 1.12. The van der Waals surface area contributed by atoms with Gasteiger partial charge in [0.1, 0.15) is 5.82 Å². The normalized spacial score (nSPS) is 11.8. The number of hydrogen-bond donors (Lipinski definition) is 0. The summed E-state index contributed by atoms with van der Waals surface area (Å²) in [6.45, 7) is 0. The number of halogens is 4. The molecule has 0 aliphatic heterocycles. The topological polar surface area (TPSA) is 26.3 Å². The molecule has 0 aromatic heterocycles. The first-order chi connectivity index (χ1) is 7.86. The van der Waals surface area contributed by atoms with Crippen molar-refractivity contribution in [1.29, 1.82) is 0 Å². The highest BCUT2D eigenvalue weighted by molar-refractivity contribution is 5.87. The highest BCUT2D eigenvalue weighted by Crippen LogP contribution is 2.32. The summed E-state index contributed by atoms with van der Waals surface area (Å²) in [5.74, 6) is -2.19. The van der Waals surface area contributed by atoms with E-state index >= 15 is 0 Å². The summed E-state index contributed by atoms with van der Waals surface area (Å²) in [4.78, 5) is 10.7. The molecule has 0 atom stereocenters. The Bertz CT molecular complexity index is 449. The number of ether oxygens (including phenoxy) is 1. The SMILES string of the molecule is COC(=O)/C=C/c1cccc(C(F)(F)F)c1F. The summed E-state index contributed by atoms with van der Waals surface area (Å²) in [5, 5.41) is 0. The Kier molecular flexibility index (Phi) is 3.88. The van der Waals surface area contributed by atoms with Gasteiger partial charge in [-0.2, -0.15) is 13.2 Å². The van der Waals surface area contributed by atoms with Crippen LogP contribution in [-0.4, -0.2) is 13.1 Å². The smallest absolute Gasteiger partial charge is 0.419 e. The monoisotopic (exact) mass is 248 g/mol. The molecule has 0 heterocycles. The van der Waals surface area contributed by atoms with Crippen LogP contribution < -0.4 is 0 Å². The second-order valence-corrected chi connectivity index (χ2v) is 3.06. The Morgan fingerprint density at radius 2 is 2.00 bits per heavy atom. The van der Waals surface area contributed by atoms with Crippen molar-refractivity contribution in [3.05, 3.63) is 41.2 Å². The van der Waals surface area contributed by atoms with Crippen molar-refractivity contribution in [2.24, 2.45) is 0 Å². The molecule has 1 rings (SSSR count). The van der Waals surface area contributed by atoms with Gasteiger partial charge in [-0.25, -0.2) is 9.18 Å². The molecule has 1 aromatic carbocycles. The zero-order valence-corrected chi connectivity index (χ0v) is 8.72. The van der Waals surface area contributed by atoms with Gasteiger partial charge in [0.25, 0.3) is 0 Å². The summed E-state index contributed by atoms with van der Waals surface area (Å²) >= 11 is 0. The van der Waals surface area contributed by atoms with E-state index in [0.717, 1.165) is 31.4 Å². The van der Waals surface area contributed by atoms with Crippen LogP contribution in [0.4, 0.5) is 17.6 Å². The van der Waals surface area contributed by atoms with Gasteiger partial charge in [0.05, 0.1) is 12.7 Å². The van der Waals surface area contributed by atoms with Crippen LogP contribution in [0.15, 0.2) is 24.3 Å². The highest BCUT2D eigenvalue weighted by atomic mass is 19.4. The van der Waals surface area contributed by atoms with Crippen molar-refractivity contribution < 1.29 is 27.1 Å². The molecule has 0 aliphatic rings. The predicted molar refractivity (Wildman–Crippen MR) is 52.5 cm³/mol. The Balaban J connectivity index is 3.12. The van der Waals surface area contributed by atoms with Gasteiger partial charge in [0.15, 0.2) is 0 Å². The number of esters is 1. The van der Waals surface area contributed by atoms with Gasteiger partial charge in [-0.3, -0.25) is 0 Å². The lowest BCUT2D eigenvalue weighted by molar-refractivity contribution is -0.140. The van der Waals surface area contributed by atoms with Crippen LogP contribution in [-0.2, 0) is 15.7 Å². The van der Waals surface area contributed by atoms with Crippen molar-refractivity contribution in [2.75, 3.05) is 7.11 Å². The molecule has 0 saturated heterocycles. The quantitative estimate of drug-likeness (QED) is 0.457. The fourth-order valence-corrected chi connectivity index (χ4v) is 1.12. The minimum atomic E-state index is -4.76. The van der Waals surface area contributed by atoms with Crippen LogP contribution in [0.5, 0.6) is 0 Å². The summed E-state index contributed by atoms with van der Waals surface area (Å²) in [5.41, 5.74) is -1.70. The van der Waals surface area contributed by atoms with Gasteiger partial charge in [0.2, 0.25) is 0 Å². The molecule has 17 heavy (non-hydrogen) atoms. The third-order valence-electron chi connectivity index (χ3n) is 1.93.